The van der Waals surface area contributed by atoms with Crippen LogP contribution in [-0.4, -0.2) is 31.8 Å². The zero-order valence-electron chi connectivity index (χ0n) is 14.7. The number of aromatic nitrogens is 2. The number of carboxylic acids is 1. The number of pyridine rings is 1. The molecule has 2 heterocycles. The fourth-order valence-corrected chi connectivity index (χ4v) is 2.50. The first-order valence-electron chi connectivity index (χ1n) is 8.27. The summed E-state index contributed by atoms with van der Waals surface area (Å²) in [6, 6.07) is 7.95. The van der Waals surface area contributed by atoms with Crippen molar-refractivity contribution in [3.8, 4) is 0 Å². The van der Waals surface area contributed by atoms with Crippen LogP contribution in [0.5, 0.6) is 0 Å². The van der Waals surface area contributed by atoms with Crippen LogP contribution < -0.4 is 5.56 Å². The minimum atomic E-state index is -0.745. The average molecular weight is 344 g/mol. The molecule has 0 aliphatic rings. The molecule has 0 bridgehead atoms. The summed E-state index contributed by atoms with van der Waals surface area (Å²) in [7, 11) is 0. The summed E-state index contributed by atoms with van der Waals surface area (Å²) in [4.78, 5) is 27.1. The maximum absolute atomic E-state index is 11.9. The zero-order valence-corrected chi connectivity index (χ0v) is 14.7. The van der Waals surface area contributed by atoms with Gasteiger partial charge in [-0.1, -0.05) is 13.0 Å². The van der Waals surface area contributed by atoms with Crippen molar-refractivity contribution < 1.29 is 15.0 Å². The molecule has 134 valence electrons. The van der Waals surface area contributed by atoms with Crippen LogP contribution in [-0.2, 0) is 11.2 Å². The molecule has 4 N–H and O–H groups in total. The lowest BCUT2D eigenvalue weighted by molar-refractivity contribution is -0.136. The largest absolute Gasteiger partial charge is 0.481 e. The Hall–Kier alpha value is -2.60. The van der Waals surface area contributed by atoms with E-state index in [9.17, 15) is 14.7 Å². The van der Waals surface area contributed by atoms with E-state index in [1.807, 2.05) is 32.0 Å². The van der Waals surface area contributed by atoms with Gasteiger partial charge in [-0.3, -0.25) is 9.59 Å². The third-order valence-corrected chi connectivity index (χ3v) is 3.92. The number of H-pyrrole nitrogens is 2. The molecule has 6 heteroatoms. The van der Waals surface area contributed by atoms with Gasteiger partial charge in [0, 0.05) is 28.9 Å². The summed E-state index contributed by atoms with van der Waals surface area (Å²) in [5.74, 6) is -0.745. The molecule has 0 radical (unpaired) electrons. The van der Waals surface area contributed by atoms with Crippen molar-refractivity contribution in [3.05, 3.63) is 46.4 Å². The summed E-state index contributed by atoms with van der Waals surface area (Å²) in [6.45, 7) is 5.23. The van der Waals surface area contributed by atoms with Crippen LogP contribution in [0.2, 0.25) is 0 Å². The van der Waals surface area contributed by atoms with Crippen molar-refractivity contribution in [2.45, 2.75) is 45.6 Å². The smallest absolute Gasteiger partial charge is 0.303 e. The number of hydrogen-bond acceptors (Lipinski definition) is 3. The molecule has 0 saturated heterocycles. The second-order valence-corrected chi connectivity index (χ2v) is 6.66. The SMILES string of the molecule is CC(C)(O)CCc1ccc2[nH]c(=O)c3[nH]ccc3c2c1.CCC(=O)O. The van der Waals surface area contributed by atoms with Crippen LogP contribution in [0.25, 0.3) is 21.8 Å². The fraction of sp³-hybridized carbons (Fsp3) is 0.368. The highest BCUT2D eigenvalue weighted by Gasteiger charge is 2.13. The number of aromatic amines is 2. The van der Waals surface area contributed by atoms with Gasteiger partial charge in [0.25, 0.3) is 5.56 Å². The number of aryl methyl sites for hydroxylation is 1. The minimum absolute atomic E-state index is 0.0956. The van der Waals surface area contributed by atoms with E-state index in [2.05, 4.69) is 16.0 Å². The highest BCUT2D eigenvalue weighted by Crippen LogP contribution is 2.23. The first-order valence-corrected chi connectivity index (χ1v) is 8.27. The first kappa shape index (κ1) is 18.7. The van der Waals surface area contributed by atoms with Gasteiger partial charge in [0.15, 0.2) is 0 Å². The van der Waals surface area contributed by atoms with Crippen LogP contribution in [0.3, 0.4) is 0 Å². The number of aliphatic hydroxyl groups is 1. The normalized spacial score (nSPS) is 11.4. The number of carboxylic acid groups (broad SMARTS) is 1. The first-order chi connectivity index (χ1) is 11.7. The van der Waals surface area contributed by atoms with E-state index in [1.165, 1.54) is 0 Å². The number of rotatable bonds is 4. The molecule has 0 atom stereocenters. The Kier molecular flexibility index (Phi) is 5.64. The lowest BCUT2D eigenvalue weighted by atomic mass is 9.97. The Morgan fingerprint density at radius 2 is 1.88 bits per heavy atom. The second-order valence-electron chi connectivity index (χ2n) is 6.66. The molecule has 6 nitrogen and oxygen atoms in total. The lowest BCUT2D eigenvalue weighted by Crippen LogP contribution is -2.19. The van der Waals surface area contributed by atoms with Gasteiger partial charge in [0.2, 0.25) is 0 Å². The third-order valence-electron chi connectivity index (χ3n) is 3.92. The van der Waals surface area contributed by atoms with E-state index in [1.54, 1.807) is 13.1 Å². The van der Waals surface area contributed by atoms with E-state index in [4.69, 9.17) is 5.11 Å². The highest BCUT2D eigenvalue weighted by molar-refractivity contribution is 6.04. The Bertz CT molecular complexity index is 932. The molecule has 0 aliphatic heterocycles. The molecule has 0 amide bonds. The molecule has 3 aromatic rings. The maximum atomic E-state index is 11.9. The van der Waals surface area contributed by atoms with Gasteiger partial charge < -0.3 is 20.2 Å². The summed E-state index contributed by atoms with van der Waals surface area (Å²) in [6.07, 6.45) is 3.52. The van der Waals surface area contributed by atoms with Crippen molar-refractivity contribution in [1.29, 1.82) is 0 Å². The fourth-order valence-electron chi connectivity index (χ4n) is 2.50. The number of benzene rings is 1. The predicted octanol–water partition coefficient (Wildman–Crippen LogP) is 3.19. The second kappa shape index (κ2) is 7.53. The molecular weight excluding hydrogens is 320 g/mol. The quantitative estimate of drug-likeness (QED) is 0.583. The molecule has 25 heavy (non-hydrogen) atoms. The van der Waals surface area contributed by atoms with Crippen LogP contribution in [0.15, 0.2) is 35.3 Å². The number of fused-ring (bicyclic) bond motifs is 3. The van der Waals surface area contributed by atoms with E-state index >= 15 is 0 Å². The van der Waals surface area contributed by atoms with Crippen LogP contribution in [0, 0.1) is 0 Å². The standard InChI is InChI=1S/C16H18N2O2.C3H6O2/c1-16(2,20)7-5-10-3-4-13-12(9-10)11-6-8-17-14(11)15(19)18-13;1-2-3(4)5/h3-4,6,8-9,17,20H,5,7H2,1-2H3,(H,18,19);2H2,1H3,(H,4,5). The molecule has 0 saturated carbocycles. The van der Waals surface area contributed by atoms with Crippen LogP contribution in [0.4, 0.5) is 0 Å². The number of carbonyl (C=O) groups is 1. The van der Waals surface area contributed by atoms with Gasteiger partial charge in [-0.05, 0) is 50.5 Å². The summed E-state index contributed by atoms with van der Waals surface area (Å²) in [5, 5.41) is 19.5. The summed E-state index contributed by atoms with van der Waals surface area (Å²) in [5.41, 5.74) is 1.85. The third kappa shape index (κ3) is 4.93. The molecule has 0 aliphatic carbocycles. The average Bonchev–Trinajstić information content (AvgIpc) is 3.03. The molecular formula is C19H24N2O4. The van der Waals surface area contributed by atoms with E-state index < -0.39 is 11.6 Å². The van der Waals surface area contributed by atoms with Crippen LogP contribution in [0.1, 0.15) is 39.2 Å². The molecule has 2 aromatic heterocycles. The Balaban J connectivity index is 0.000000399. The maximum Gasteiger partial charge on any atom is 0.303 e. The number of hydrogen-bond donors (Lipinski definition) is 4. The van der Waals surface area contributed by atoms with Gasteiger partial charge in [-0.2, -0.15) is 0 Å². The van der Waals surface area contributed by atoms with Crippen molar-refractivity contribution >= 4 is 27.8 Å². The van der Waals surface area contributed by atoms with Gasteiger partial charge in [-0.15, -0.1) is 0 Å². The highest BCUT2D eigenvalue weighted by atomic mass is 16.4. The Morgan fingerprint density at radius 3 is 2.48 bits per heavy atom. The van der Waals surface area contributed by atoms with Gasteiger partial charge >= 0.3 is 5.97 Å². The van der Waals surface area contributed by atoms with Crippen molar-refractivity contribution in [2.75, 3.05) is 0 Å². The minimum Gasteiger partial charge on any atom is -0.481 e. The molecule has 1 aromatic carbocycles. The van der Waals surface area contributed by atoms with Crippen molar-refractivity contribution in [2.24, 2.45) is 0 Å². The molecule has 0 unspecified atom stereocenters. The Morgan fingerprint density at radius 1 is 1.20 bits per heavy atom. The topological polar surface area (TPSA) is 106 Å². The van der Waals surface area contributed by atoms with Gasteiger partial charge in [0.05, 0.1) is 5.60 Å². The molecule has 3 rings (SSSR count). The molecule has 0 spiro atoms. The summed E-state index contributed by atoms with van der Waals surface area (Å²) >= 11 is 0. The number of aliphatic carboxylic acids is 1. The summed E-state index contributed by atoms with van der Waals surface area (Å²) < 4.78 is 0. The number of nitrogens with one attached hydrogen (secondary N) is 2. The van der Waals surface area contributed by atoms with Crippen molar-refractivity contribution in [1.82, 2.24) is 9.97 Å². The van der Waals surface area contributed by atoms with E-state index in [0.29, 0.717) is 11.9 Å². The van der Waals surface area contributed by atoms with Gasteiger partial charge in [0.1, 0.15) is 5.52 Å². The predicted molar refractivity (Wildman–Crippen MR) is 99.0 cm³/mol. The zero-order chi connectivity index (χ0) is 18.6. The van der Waals surface area contributed by atoms with E-state index in [0.717, 1.165) is 28.3 Å². The van der Waals surface area contributed by atoms with Gasteiger partial charge in [-0.25, -0.2) is 0 Å². The van der Waals surface area contributed by atoms with Crippen LogP contribution >= 0.6 is 0 Å². The van der Waals surface area contributed by atoms with E-state index in [-0.39, 0.29) is 12.0 Å². The van der Waals surface area contributed by atoms with Crippen molar-refractivity contribution in [3.63, 3.8) is 0 Å². The molecule has 0 fully saturated rings. The lowest BCUT2D eigenvalue weighted by Gasteiger charge is -2.16. The Labute approximate surface area is 145 Å². The monoisotopic (exact) mass is 344 g/mol.